The maximum absolute atomic E-state index is 4.74. The van der Waals surface area contributed by atoms with Crippen molar-refractivity contribution < 1.29 is 0 Å². The Labute approximate surface area is 119 Å². The van der Waals surface area contributed by atoms with Crippen molar-refractivity contribution in [1.29, 1.82) is 0 Å². The monoisotopic (exact) mass is 323 g/mol. The van der Waals surface area contributed by atoms with E-state index >= 15 is 0 Å². The highest BCUT2D eigenvalue weighted by molar-refractivity contribution is 9.11. The van der Waals surface area contributed by atoms with E-state index in [1.54, 1.807) is 11.3 Å². The lowest BCUT2D eigenvalue weighted by Gasteiger charge is -2.19. The number of thiophene rings is 1. The quantitative estimate of drug-likeness (QED) is 0.922. The molecule has 5 heteroatoms. The molecule has 3 nitrogen and oxygen atoms in total. The lowest BCUT2D eigenvalue weighted by molar-refractivity contribution is 0.618. The van der Waals surface area contributed by atoms with Gasteiger partial charge < -0.3 is 5.32 Å². The van der Waals surface area contributed by atoms with Crippen LogP contribution < -0.4 is 5.32 Å². The Balaban J connectivity index is 2.11. The molecule has 0 unspecified atom stereocenters. The highest BCUT2D eigenvalue weighted by atomic mass is 79.9. The third kappa shape index (κ3) is 2.22. The molecule has 1 aliphatic rings. The molecule has 3 rings (SSSR count). The van der Waals surface area contributed by atoms with Crippen LogP contribution in [0.2, 0.25) is 0 Å². The molecule has 1 aliphatic heterocycles. The molecule has 0 spiro atoms. The molecule has 0 bridgehead atoms. The van der Waals surface area contributed by atoms with Gasteiger partial charge in [0.1, 0.15) is 0 Å². The molecule has 0 amide bonds. The number of rotatable bonds is 2. The Kier molecular flexibility index (Phi) is 3.46. The van der Waals surface area contributed by atoms with Crippen molar-refractivity contribution >= 4 is 27.3 Å². The normalized spacial score (nSPS) is 14.6. The minimum atomic E-state index is 0.878. The Morgan fingerprint density at radius 2 is 2.28 bits per heavy atom. The number of nitrogens with zero attached hydrogens (tertiary/aromatic N) is 2. The summed E-state index contributed by atoms with van der Waals surface area (Å²) in [6.45, 7) is 4.08. The summed E-state index contributed by atoms with van der Waals surface area (Å²) in [5.41, 5.74) is 3.72. The molecule has 1 N–H and O–H groups in total. The van der Waals surface area contributed by atoms with Crippen molar-refractivity contribution in [3.05, 3.63) is 32.9 Å². The second-order valence-corrected chi connectivity index (χ2v) is 6.77. The molecule has 0 saturated heterocycles. The van der Waals surface area contributed by atoms with E-state index in [9.17, 15) is 0 Å². The summed E-state index contributed by atoms with van der Waals surface area (Å²) >= 11 is 5.18. The van der Waals surface area contributed by atoms with Gasteiger partial charge in [-0.1, -0.05) is 6.92 Å². The number of aromatic nitrogens is 2. The van der Waals surface area contributed by atoms with Crippen molar-refractivity contribution in [2.24, 2.45) is 0 Å². The molecular formula is C13H14BrN3S. The highest BCUT2D eigenvalue weighted by Gasteiger charge is 2.17. The van der Waals surface area contributed by atoms with Gasteiger partial charge in [0.25, 0.3) is 0 Å². The maximum Gasteiger partial charge on any atom is 0.169 e. The van der Waals surface area contributed by atoms with E-state index in [-0.39, 0.29) is 0 Å². The van der Waals surface area contributed by atoms with Crippen molar-refractivity contribution in [3.63, 3.8) is 0 Å². The summed E-state index contributed by atoms with van der Waals surface area (Å²) in [5.74, 6) is 0.878. The molecular weight excluding hydrogens is 310 g/mol. The van der Waals surface area contributed by atoms with Gasteiger partial charge in [0, 0.05) is 30.8 Å². The fourth-order valence-electron chi connectivity index (χ4n) is 2.25. The number of hydrogen-bond acceptors (Lipinski definition) is 4. The van der Waals surface area contributed by atoms with Gasteiger partial charge in [-0.25, -0.2) is 9.97 Å². The van der Waals surface area contributed by atoms with E-state index in [0.717, 1.165) is 40.4 Å². The molecule has 0 radical (unpaired) electrons. The van der Waals surface area contributed by atoms with Gasteiger partial charge in [0.05, 0.1) is 14.4 Å². The van der Waals surface area contributed by atoms with Gasteiger partial charge in [-0.15, -0.1) is 11.3 Å². The highest BCUT2D eigenvalue weighted by Crippen LogP contribution is 2.30. The molecule has 0 aliphatic carbocycles. The summed E-state index contributed by atoms with van der Waals surface area (Å²) in [4.78, 5) is 10.6. The van der Waals surface area contributed by atoms with Crippen LogP contribution in [0.4, 0.5) is 0 Å². The average Bonchev–Trinajstić information content (AvgIpc) is 2.84. The minimum Gasteiger partial charge on any atom is -0.312 e. The molecule has 2 aromatic rings. The van der Waals surface area contributed by atoms with E-state index in [1.165, 1.54) is 17.0 Å². The first-order valence-electron chi connectivity index (χ1n) is 6.13. The molecule has 3 heterocycles. The Morgan fingerprint density at radius 1 is 1.39 bits per heavy atom. The van der Waals surface area contributed by atoms with Crippen molar-refractivity contribution in [1.82, 2.24) is 15.3 Å². The van der Waals surface area contributed by atoms with Crippen molar-refractivity contribution in [3.8, 4) is 10.7 Å². The number of aryl methyl sites for hydroxylation is 1. The first kappa shape index (κ1) is 12.3. The molecule has 0 atom stereocenters. The number of halogens is 1. The van der Waals surface area contributed by atoms with Crippen LogP contribution in [0.5, 0.6) is 0 Å². The van der Waals surface area contributed by atoms with E-state index in [4.69, 9.17) is 9.97 Å². The molecule has 0 fully saturated rings. The third-order valence-electron chi connectivity index (χ3n) is 3.15. The lowest BCUT2D eigenvalue weighted by Crippen LogP contribution is -2.26. The van der Waals surface area contributed by atoms with Crippen LogP contribution in [-0.4, -0.2) is 16.5 Å². The SMILES string of the molecule is CCc1nc(-c2ccc(Br)s2)nc2c1CNCC2. The van der Waals surface area contributed by atoms with E-state index < -0.39 is 0 Å². The lowest BCUT2D eigenvalue weighted by atomic mass is 10.0. The summed E-state index contributed by atoms with van der Waals surface area (Å²) in [7, 11) is 0. The van der Waals surface area contributed by atoms with Crippen LogP contribution in [0.3, 0.4) is 0 Å². The standard InChI is InChI=1S/C13H14BrN3S/c1-2-9-8-7-15-6-5-10(8)17-13(16-9)11-3-4-12(14)18-11/h3-4,15H,2,5-7H2,1H3. The van der Waals surface area contributed by atoms with Gasteiger partial charge in [-0.3, -0.25) is 0 Å². The first-order chi connectivity index (χ1) is 8.78. The zero-order chi connectivity index (χ0) is 12.5. The predicted molar refractivity (Wildman–Crippen MR) is 77.8 cm³/mol. The first-order valence-corrected chi connectivity index (χ1v) is 7.74. The van der Waals surface area contributed by atoms with Crippen molar-refractivity contribution in [2.75, 3.05) is 6.54 Å². The largest absolute Gasteiger partial charge is 0.312 e. The number of hydrogen-bond donors (Lipinski definition) is 1. The summed E-state index contributed by atoms with van der Waals surface area (Å²) in [5, 5.41) is 3.39. The number of nitrogens with one attached hydrogen (secondary N) is 1. The average molecular weight is 324 g/mol. The Morgan fingerprint density at radius 3 is 3.00 bits per heavy atom. The topological polar surface area (TPSA) is 37.8 Å². The molecule has 0 aromatic carbocycles. The summed E-state index contributed by atoms with van der Waals surface area (Å²) in [6.07, 6.45) is 1.97. The fraction of sp³-hybridized carbons (Fsp3) is 0.385. The van der Waals surface area contributed by atoms with E-state index in [2.05, 4.69) is 40.3 Å². The predicted octanol–water partition coefficient (Wildman–Crippen LogP) is 3.18. The summed E-state index contributed by atoms with van der Waals surface area (Å²) in [6, 6.07) is 4.13. The molecule has 2 aromatic heterocycles. The fourth-order valence-corrected chi connectivity index (χ4v) is 3.57. The number of fused-ring (bicyclic) bond motifs is 1. The van der Waals surface area contributed by atoms with Gasteiger partial charge in [0.2, 0.25) is 0 Å². The second kappa shape index (κ2) is 5.07. The van der Waals surface area contributed by atoms with Crippen LogP contribution in [0.15, 0.2) is 15.9 Å². The molecule has 0 saturated carbocycles. The third-order valence-corrected chi connectivity index (χ3v) is 4.77. The van der Waals surface area contributed by atoms with Crippen LogP contribution in [-0.2, 0) is 19.4 Å². The van der Waals surface area contributed by atoms with Gasteiger partial charge in [0.15, 0.2) is 5.82 Å². The van der Waals surface area contributed by atoms with Gasteiger partial charge in [-0.2, -0.15) is 0 Å². The van der Waals surface area contributed by atoms with Crippen molar-refractivity contribution in [2.45, 2.75) is 26.3 Å². The van der Waals surface area contributed by atoms with E-state index in [0.29, 0.717) is 0 Å². The van der Waals surface area contributed by atoms with Crippen LogP contribution >= 0.6 is 27.3 Å². The zero-order valence-electron chi connectivity index (χ0n) is 10.2. The Hall–Kier alpha value is -0.780. The second-order valence-electron chi connectivity index (χ2n) is 4.30. The minimum absolute atomic E-state index is 0.878. The van der Waals surface area contributed by atoms with Crippen LogP contribution in [0.1, 0.15) is 23.9 Å². The zero-order valence-corrected chi connectivity index (χ0v) is 12.6. The van der Waals surface area contributed by atoms with Gasteiger partial charge >= 0.3 is 0 Å². The Bertz CT molecular complexity index is 562. The van der Waals surface area contributed by atoms with E-state index in [1.807, 2.05) is 0 Å². The molecule has 18 heavy (non-hydrogen) atoms. The van der Waals surface area contributed by atoms with Crippen LogP contribution in [0, 0.1) is 0 Å². The van der Waals surface area contributed by atoms with Gasteiger partial charge in [-0.05, 0) is 34.5 Å². The molecule has 94 valence electrons. The summed E-state index contributed by atoms with van der Waals surface area (Å²) < 4.78 is 1.12. The maximum atomic E-state index is 4.74. The smallest absolute Gasteiger partial charge is 0.169 e. The van der Waals surface area contributed by atoms with Crippen LogP contribution in [0.25, 0.3) is 10.7 Å².